The van der Waals surface area contributed by atoms with Gasteiger partial charge in [-0.2, -0.15) is 0 Å². The van der Waals surface area contributed by atoms with E-state index in [0.29, 0.717) is 17.0 Å². The minimum absolute atomic E-state index is 0.0886. The van der Waals surface area contributed by atoms with Crippen LogP contribution in [0.15, 0.2) is 48.5 Å². The van der Waals surface area contributed by atoms with E-state index in [9.17, 15) is 4.79 Å². The predicted octanol–water partition coefficient (Wildman–Crippen LogP) is 2.77. The van der Waals surface area contributed by atoms with Gasteiger partial charge in [0, 0.05) is 11.3 Å². The molecule has 0 spiro atoms. The largest absolute Gasteiger partial charge is 0.497 e. The van der Waals surface area contributed by atoms with Gasteiger partial charge in [-0.25, -0.2) is 0 Å². The van der Waals surface area contributed by atoms with Gasteiger partial charge in [0.2, 0.25) is 0 Å². The lowest BCUT2D eigenvalue weighted by Gasteiger charge is -2.15. The van der Waals surface area contributed by atoms with Crippen molar-refractivity contribution in [2.75, 3.05) is 12.8 Å². The Hall–Kier alpha value is -2.49. The first-order valence-corrected chi connectivity index (χ1v) is 6.40. The second-order valence-electron chi connectivity index (χ2n) is 4.59. The van der Waals surface area contributed by atoms with Gasteiger partial charge in [0.15, 0.2) is 0 Å². The minimum Gasteiger partial charge on any atom is -0.497 e. The molecule has 0 aliphatic heterocycles. The topological polar surface area (TPSA) is 64.3 Å². The Morgan fingerprint density at radius 2 is 1.90 bits per heavy atom. The highest BCUT2D eigenvalue weighted by Crippen LogP contribution is 2.16. The van der Waals surface area contributed by atoms with E-state index in [1.54, 1.807) is 31.4 Å². The second kappa shape index (κ2) is 6.10. The zero-order chi connectivity index (χ0) is 14.5. The van der Waals surface area contributed by atoms with Crippen LogP contribution in [0.3, 0.4) is 0 Å². The first-order valence-electron chi connectivity index (χ1n) is 6.40. The third-order valence-corrected chi connectivity index (χ3v) is 3.12. The zero-order valence-electron chi connectivity index (χ0n) is 11.6. The number of rotatable bonds is 4. The van der Waals surface area contributed by atoms with E-state index >= 15 is 0 Å². The van der Waals surface area contributed by atoms with Crippen LogP contribution in [0.5, 0.6) is 5.75 Å². The van der Waals surface area contributed by atoms with E-state index in [4.69, 9.17) is 10.5 Å². The number of benzene rings is 2. The van der Waals surface area contributed by atoms with Crippen molar-refractivity contribution in [3.63, 3.8) is 0 Å². The summed E-state index contributed by atoms with van der Waals surface area (Å²) in [5, 5.41) is 2.95. The molecule has 0 aliphatic carbocycles. The van der Waals surface area contributed by atoms with Crippen molar-refractivity contribution in [2.45, 2.75) is 13.0 Å². The summed E-state index contributed by atoms with van der Waals surface area (Å²) in [5.41, 5.74) is 7.94. The summed E-state index contributed by atoms with van der Waals surface area (Å²) in [7, 11) is 1.58. The number of carbonyl (C=O) groups is 1. The molecule has 2 rings (SSSR count). The molecule has 2 aromatic rings. The summed E-state index contributed by atoms with van der Waals surface area (Å²) in [4.78, 5) is 12.2. The summed E-state index contributed by atoms with van der Waals surface area (Å²) >= 11 is 0. The van der Waals surface area contributed by atoms with Crippen LogP contribution >= 0.6 is 0 Å². The van der Waals surface area contributed by atoms with E-state index < -0.39 is 0 Å². The Balaban J connectivity index is 2.08. The van der Waals surface area contributed by atoms with Gasteiger partial charge < -0.3 is 15.8 Å². The molecule has 0 aliphatic rings. The Bertz CT molecular complexity index is 594. The first kappa shape index (κ1) is 13.9. The number of nitrogen functional groups attached to an aromatic ring is 1. The van der Waals surface area contributed by atoms with Crippen LogP contribution in [-0.2, 0) is 0 Å². The fourth-order valence-corrected chi connectivity index (χ4v) is 1.91. The van der Waals surface area contributed by atoms with Crippen LogP contribution in [0.1, 0.15) is 28.9 Å². The van der Waals surface area contributed by atoms with Crippen molar-refractivity contribution >= 4 is 11.6 Å². The maximum atomic E-state index is 12.2. The molecule has 20 heavy (non-hydrogen) atoms. The number of hydrogen-bond acceptors (Lipinski definition) is 3. The minimum atomic E-state index is -0.131. The molecule has 104 valence electrons. The summed E-state index contributed by atoms with van der Waals surface area (Å²) in [6, 6.07) is 14.4. The van der Waals surface area contributed by atoms with Crippen molar-refractivity contribution in [1.29, 1.82) is 0 Å². The number of methoxy groups -OCH3 is 1. The monoisotopic (exact) mass is 270 g/mol. The van der Waals surface area contributed by atoms with Crippen molar-refractivity contribution in [3.05, 3.63) is 59.7 Å². The predicted molar refractivity (Wildman–Crippen MR) is 79.7 cm³/mol. The van der Waals surface area contributed by atoms with Crippen molar-refractivity contribution < 1.29 is 9.53 Å². The molecule has 0 aromatic heterocycles. The summed E-state index contributed by atoms with van der Waals surface area (Å²) < 4.78 is 5.11. The lowest BCUT2D eigenvalue weighted by Crippen LogP contribution is -2.26. The summed E-state index contributed by atoms with van der Waals surface area (Å²) in [6.45, 7) is 1.93. The molecule has 1 unspecified atom stereocenters. The van der Waals surface area contributed by atoms with Gasteiger partial charge in [-0.15, -0.1) is 0 Å². The standard InChI is InChI=1S/C16H18N2O2/c1-11(12-6-8-14(17)9-7-12)18-16(19)13-4-3-5-15(10-13)20-2/h3-11H,17H2,1-2H3,(H,18,19). The lowest BCUT2D eigenvalue weighted by atomic mass is 10.1. The highest BCUT2D eigenvalue weighted by molar-refractivity contribution is 5.94. The highest BCUT2D eigenvalue weighted by atomic mass is 16.5. The van der Waals surface area contributed by atoms with Crippen molar-refractivity contribution in [3.8, 4) is 5.75 Å². The van der Waals surface area contributed by atoms with Crippen LogP contribution in [0.4, 0.5) is 5.69 Å². The maximum Gasteiger partial charge on any atom is 0.251 e. The fraction of sp³-hybridized carbons (Fsp3) is 0.188. The summed E-state index contributed by atoms with van der Waals surface area (Å²) in [6.07, 6.45) is 0. The fourth-order valence-electron chi connectivity index (χ4n) is 1.91. The number of carbonyl (C=O) groups excluding carboxylic acids is 1. The Morgan fingerprint density at radius 3 is 2.55 bits per heavy atom. The Kier molecular flexibility index (Phi) is 4.25. The van der Waals surface area contributed by atoms with Gasteiger partial charge in [-0.1, -0.05) is 18.2 Å². The number of ether oxygens (including phenoxy) is 1. The van der Waals surface area contributed by atoms with E-state index in [-0.39, 0.29) is 11.9 Å². The molecule has 0 bridgehead atoms. The van der Waals surface area contributed by atoms with E-state index in [1.807, 2.05) is 31.2 Å². The van der Waals surface area contributed by atoms with Gasteiger partial charge in [-0.05, 0) is 42.8 Å². The molecular formula is C16H18N2O2. The number of nitrogens with one attached hydrogen (secondary N) is 1. The molecule has 0 heterocycles. The highest BCUT2D eigenvalue weighted by Gasteiger charge is 2.11. The first-order chi connectivity index (χ1) is 9.60. The summed E-state index contributed by atoms with van der Waals surface area (Å²) in [5.74, 6) is 0.533. The average Bonchev–Trinajstić information content (AvgIpc) is 2.47. The second-order valence-corrected chi connectivity index (χ2v) is 4.59. The molecule has 4 heteroatoms. The number of nitrogens with two attached hydrogens (primary N) is 1. The Morgan fingerprint density at radius 1 is 1.20 bits per heavy atom. The Labute approximate surface area is 118 Å². The molecule has 1 atom stereocenters. The molecular weight excluding hydrogens is 252 g/mol. The molecule has 2 aromatic carbocycles. The van der Waals surface area contributed by atoms with Gasteiger partial charge in [0.1, 0.15) is 5.75 Å². The average molecular weight is 270 g/mol. The molecule has 0 radical (unpaired) electrons. The van der Waals surface area contributed by atoms with Crippen LogP contribution < -0.4 is 15.8 Å². The molecule has 0 saturated carbocycles. The van der Waals surface area contributed by atoms with E-state index in [2.05, 4.69) is 5.32 Å². The maximum absolute atomic E-state index is 12.2. The smallest absolute Gasteiger partial charge is 0.251 e. The van der Waals surface area contributed by atoms with Gasteiger partial charge >= 0.3 is 0 Å². The SMILES string of the molecule is COc1cccc(C(=O)NC(C)c2ccc(N)cc2)c1. The molecule has 0 fully saturated rings. The van der Waals surface area contributed by atoms with Crippen LogP contribution in [0, 0.1) is 0 Å². The van der Waals surface area contributed by atoms with Crippen LogP contribution in [0.2, 0.25) is 0 Å². The molecule has 3 N–H and O–H groups in total. The molecule has 4 nitrogen and oxygen atoms in total. The van der Waals surface area contributed by atoms with Crippen LogP contribution in [0.25, 0.3) is 0 Å². The number of hydrogen-bond donors (Lipinski definition) is 2. The zero-order valence-corrected chi connectivity index (χ0v) is 11.6. The third kappa shape index (κ3) is 3.29. The molecule has 1 amide bonds. The van der Waals surface area contributed by atoms with Crippen LogP contribution in [-0.4, -0.2) is 13.0 Å². The number of amides is 1. The van der Waals surface area contributed by atoms with Gasteiger partial charge in [0.05, 0.1) is 13.2 Å². The normalized spacial score (nSPS) is 11.7. The van der Waals surface area contributed by atoms with Crippen molar-refractivity contribution in [2.24, 2.45) is 0 Å². The van der Waals surface area contributed by atoms with E-state index in [0.717, 1.165) is 5.56 Å². The lowest BCUT2D eigenvalue weighted by molar-refractivity contribution is 0.0939. The van der Waals surface area contributed by atoms with Crippen molar-refractivity contribution in [1.82, 2.24) is 5.32 Å². The quantitative estimate of drug-likeness (QED) is 0.840. The molecule has 0 saturated heterocycles. The van der Waals surface area contributed by atoms with Gasteiger partial charge in [-0.3, -0.25) is 4.79 Å². The number of anilines is 1. The third-order valence-electron chi connectivity index (χ3n) is 3.12. The van der Waals surface area contributed by atoms with Gasteiger partial charge in [0.25, 0.3) is 5.91 Å². The van der Waals surface area contributed by atoms with E-state index in [1.165, 1.54) is 0 Å².